The lowest BCUT2D eigenvalue weighted by atomic mass is 9.81. The molecule has 1 atom stereocenters. The van der Waals surface area contributed by atoms with E-state index in [1.54, 1.807) is 32.0 Å². The average molecular weight is 333 g/mol. The number of allylic oxidation sites excluding steroid dienone is 2. The number of nitrogens with zero attached hydrogens (tertiary/aromatic N) is 1. The van der Waals surface area contributed by atoms with Crippen LogP contribution in [0.3, 0.4) is 0 Å². The summed E-state index contributed by atoms with van der Waals surface area (Å²) in [6, 6.07) is 7.31. The van der Waals surface area contributed by atoms with Crippen LogP contribution in [0.15, 0.2) is 41.0 Å². The van der Waals surface area contributed by atoms with Gasteiger partial charge in [-0.1, -0.05) is 17.7 Å². The lowest BCUT2D eigenvalue weighted by Gasteiger charge is -2.27. The van der Waals surface area contributed by atoms with Gasteiger partial charge in [-0.2, -0.15) is 5.26 Å². The smallest absolute Gasteiger partial charge is 0.338 e. The van der Waals surface area contributed by atoms with Gasteiger partial charge in [0.05, 0.1) is 18.1 Å². The number of nitrogens with two attached hydrogens (primary N) is 1. The van der Waals surface area contributed by atoms with Crippen LogP contribution < -0.4 is 5.73 Å². The van der Waals surface area contributed by atoms with Gasteiger partial charge in [0.2, 0.25) is 5.88 Å². The van der Waals surface area contributed by atoms with Crippen LogP contribution in [0.4, 0.5) is 0 Å². The van der Waals surface area contributed by atoms with Gasteiger partial charge in [-0.25, -0.2) is 4.79 Å². The largest absolute Gasteiger partial charge is 0.463 e. The highest BCUT2D eigenvalue weighted by atomic mass is 35.5. The highest BCUT2D eigenvalue weighted by molar-refractivity contribution is 6.30. The van der Waals surface area contributed by atoms with E-state index in [-0.39, 0.29) is 23.6 Å². The molecular formula is C17H17ClN2O3. The van der Waals surface area contributed by atoms with E-state index in [1.165, 1.54) is 0 Å². The van der Waals surface area contributed by atoms with Crippen LogP contribution in [0.2, 0.25) is 5.02 Å². The second kappa shape index (κ2) is 6.76. The second-order valence-electron chi connectivity index (χ2n) is 5.12. The van der Waals surface area contributed by atoms with Gasteiger partial charge in [0.25, 0.3) is 0 Å². The maximum Gasteiger partial charge on any atom is 0.338 e. The second-order valence-corrected chi connectivity index (χ2v) is 5.55. The van der Waals surface area contributed by atoms with Gasteiger partial charge in [-0.15, -0.1) is 0 Å². The Morgan fingerprint density at radius 3 is 2.74 bits per heavy atom. The minimum Gasteiger partial charge on any atom is -0.463 e. The van der Waals surface area contributed by atoms with Crippen LogP contribution >= 0.6 is 11.6 Å². The predicted octanol–water partition coefficient (Wildman–Crippen LogP) is 3.29. The average Bonchev–Trinajstić information content (AvgIpc) is 2.46. The molecule has 0 spiro atoms. The van der Waals surface area contributed by atoms with E-state index in [0.29, 0.717) is 10.8 Å². The zero-order valence-electron chi connectivity index (χ0n) is 13.1. The van der Waals surface area contributed by atoms with Gasteiger partial charge >= 0.3 is 5.97 Å². The number of hydrogen-bond donors (Lipinski definition) is 1. The standard InChI is InChI=1S/C17H17ClN2O3/c1-4-22-17(21)14-10(3)23-16(20)13(8-19)15(14)12-6-5-11(18)7-9(12)2/h5-7,15H,4,20H2,1-3H3. The Balaban J connectivity index is 2.66. The number of carbonyl (C=O) groups is 1. The predicted molar refractivity (Wildman–Crippen MR) is 86.2 cm³/mol. The normalized spacial score (nSPS) is 17.6. The van der Waals surface area contributed by atoms with E-state index in [1.807, 2.05) is 13.0 Å². The molecule has 0 saturated heterocycles. The number of esters is 1. The van der Waals surface area contributed by atoms with Crippen LogP contribution in [0.1, 0.15) is 30.9 Å². The number of nitriles is 1. The van der Waals surface area contributed by atoms with Crippen molar-refractivity contribution >= 4 is 17.6 Å². The number of aryl methyl sites for hydroxylation is 1. The van der Waals surface area contributed by atoms with E-state index in [9.17, 15) is 10.1 Å². The zero-order valence-corrected chi connectivity index (χ0v) is 13.9. The van der Waals surface area contributed by atoms with Crippen molar-refractivity contribution in [2.24, 2.45) is 5.73 Å². The minimum atomic E-state index is -0.634. The monoisotopic (exact) mass is 332 g/mol. The first-order valence-corrected chi connectivity index (χ1v) is 7.50. The van der Waals surface area contributed by atoms with Gasteiger partial charge in [-0.05, 0) is 44.0 Å². The van der Waals surface area contributed by atoms with Crippen molar-refractivity contribution in [3.63, 3.8) is 0 Å². The summed E-state index contributed by atoms with van der Waals surface area (Å²) in [6.45, 7) is 5.43. The first-order valence-electron chi connectivity index (χ1n) is 7.12. The van der Waals surface area contributed by atoms with Crippen molar-refractivity contribution in [2.45, 2.75) is 26.7 Å². The van der Waals surface area contributed by atoms with Crippen molar-refractivity contribution in [1.82, 2.24) is 0 Å². The third kappa shape index (κ3) is 3.17. The molecule has 1 aromatic rings. The maximum atomic E-state index is 12.4. The highest BCUT2D eigenvalue weighted by Gasteiger charge is 2.36. The minimum absolute atomic E-state index is 0.00241. The van der Waals surface area contributed by atoms with Crippen LogP contribution in [0, 0.1) is 18.3 Å². The van der Waals surface area contributed by atoms with E-state index in [0.717, 1.165) is 11.1 Å². The van der Waals surface area contributed by atoms with Crippen molar-refractivity contribution < 1.29 is 14.3 Å². The molecule has 23 heavy (non-hydrogen) atoms. The van der Waals surface area contributed by atoms with Crippen molar-refractivity contribution in [1.29, 1.82) is 5.26 Å². The first kappa shape index (κ1) is 16.9. The third-order valence-electron chi connectivity index (χ3n) is 3.64. The highest BCUT2D eigenvalue weighted by Crippen LogP contribution is 2.41. The van der Waals surface area contributed by atoms with Crippen molar-refractivity contribution in [3.05, 3.63) is 57.1 Å². The molecule has 0 saturated carbocycles. The Morgan fingerprint density at radius 1 is 1.48 bits per heavy atom. The molecular weight excluding hydrogens is 316 g/mol. The van der Waals surface area contributed by atoms with Gasteiger partial charge < -0.3 is 15.2 Å². The van der Waals surface area contributed by atoms with Crippen molar-refractivity contribution in [2.75, 3.05) is 6.61 Å². The van der Waals surface area contributed by atoms with Gasteiger partial charge in [0.15, 0.2) is 0 Å². The first-order chi connectivity index (χ1) is 10.9. The molecule has 2 rings (SSSR count). The quantitative estimate of drug-likeness (QED) is 0.858. The molecule has 0 bridgehead atoms. The van der Waals surface area contributed by atoms with E-state index >= 15 is 0 Å². The summed E-state index contributed by atoms with van der Waals surface area (Å²) >= 11 is 6.00. The molecule has 0 aliphatic carbocycles. The van der Waals surface area contributed by atoms with Crippen molar-refractivity contribution in [3.8, 4) is 6.07 Å². The topological polar surface area (TPSA) is 85.3 Å². The molecule has 1 heterocycles. The van der Waals surface area contributed by atoms with E-state index in [2.05, 4.69) is 0 Å². The molecule has 0 amide bonds. The fourth-order valence-corrected chi connectivity index (χ4v) is 2.86. The number of rotatable bonds is 3. The SMILES string of the molecule is CCOC(=O)C1=C(C)OC(N)=C(C#N)C1c1ccc(Cl)cc1C. The van der Waals surface area contributed by atoms with E-state index < -0.39 is 11.9 Å². The lowest BCUT2D eigenvalue weighted by Crippen LogP contribution is -2.26. The zero-order chi connectivity index (χ0) is 17.1. The number of carbonyl (C=O) groups excluding carboxylic acids is 1. The van der Waals surface area contributed by atoms with Gasteiger partial charge in [0.1, 0.15) is 17.4 Å². The number of ether oxygens (including phenoxy) is 2. The molecule has 0 fully saturated rings. The van der Waals surface area contributed by atoms with Crippen LogP contribution in [-0.4, -0.2) is 12.6 Å². The Kier molecular flexibility index (Phi) is 4.97. The fraction of sp³-hybridized carbons (Fsp3) is 0.294. The molecule has 0 radical (unpaired) electrons. The molecule has 2 N–H and O–H groups in total. The summed E-state index contributed by atoms with van der Waals surface area (Å²) in [6.07, 6.45) is 0. The Labute approximate surface area is 139 Å². The molecule has 0 aromatic heterocycles. The molecule has 1 aromatic carbocycles. The Hall–Kier alpha value is -2.45. The van der Waals surface area contributed by atoms with Gasteiger partial charge in [0, 0.05) is 5.02 Å². The summed E-state index contributed by atoms with van der Waals surface area (Å²) < 4.78 is 10.5. The molecule has 6 heteroatoms. The Bertz CT molecular complexity index is 760. The summed E-state index contributed by atoms with van der Waals surface area (Å²) in [4.78, 5) is 12.4. The molecule has 120 valence electrons. The maximum absolute atomic E-state index is 12.4. The number of benzene rings is 1. The Morgan fingerprint density at radius 2 is 2.17 bits per heavy atom. The lowest BCUT2D eigenvalue weighted by molar-refractivity contribution is -0.139. The number of halogens is 1. The molecule has 5 nitrogen and oxygen atoms in total. The summed E-state index contributed by atoms with van der Waals surface area (Å²) in [7, 11) is 0. The van der Waals surface area contributed by atoms with Crippen LogP contribution in [0.25, 0.3) is 0 Å². The van der Waals surface area contributed by atoms with Gasteiger partial charge in [-0.3, -0.25) is 0 Å². The summed E-state index contributed by atoms with van der Waals surface area (Å²) in [5, 5.41) is 10.1. The van der Waals surface area contributed by atoms with Crippen LogP contribution in [0.5, 0.6) is 0 Å². The molecule has 1 unspecified atom stereocenters. The van der Waals surface area contributed by atoms with Crippen LogP contribution in [-0.2, 0) is 14.3 Å². The van der Waals surface area contributed by atoms with E-state index in [4.69, 9.17) is 26.8 Å². The molecule has 1 aliphatic heterocycles. The summed E-state index contributed by atoms with van der Waals surface area (Å²) in [5.74, 6) is -0.827. The fourth-order valence-electron chi connectivity index (χ4n) is 2.63. The number of hydrogen-bond acceptors (Lipinski definition) is 5. The third-order valence-corrected chi connectivity index (χ3v) is 3.88. The summed E-state index contributed by atoms with van der Waals surface area (Å²) in [5.41, 5.74) is 7.92. The molecule has 1 aliphatic rings.